The summed E-state index contributed by atoms with van der Waals surface area (Å²) < 4.78 is 0. The zero-order chi connectivity index (χ0) is 12.1. The van der Waals surface area contributed by atoms with Crippen LogP contribution in [0.25, 0.3) is 0 Å². The van der Waals surface area contributed by atoms with Gasteiger partial charge >= 0.3 is 0 Å². The SMILES string of the molecule is CC(C)CNCCN1CCC(N2CCCC2)C1. The summed E-state index contributed by atoms with van der Waals surface area (Å²) in [4.78, 5) is 5.35. The first-order valence-corrected chi connectivity index (χ1v) is 7.43. The highest BCUT2D eigenvalue weighted by atomic mass is 15.3. The maximum atomic E-state index is 3.54. The first-order chi connectivity index (χ1) is 8.25. The lowest BCUT2D eigenvalue weighted by molar-refractivity contribution is 0.232. The molecular weight excluding hydrogens is 210 g/mol. The van der Waals surface area contributed by atoms with E-state index in [1.54, 1.807) is 0 Å². The first-order valence-electron chi connectivity index (χ1n) is 7.43. The highest BCUT2D eigenvalue weighted by molar-refractivity contribution is 4.85. The molecule has 0 aromatic rings. The van der Waals surface area contributed by atoms with Crippen LogP contribution in [0.4, 0.5) is 0 Å². The molecule has 100 valence electrons. The number of likely N-dealkylation sites (tertiary alicyclic amines) is 2. The molecule has 1 atom stereocenters. The Kier molecular flexibility index (Phi) is 5.26. The van der Waals surface area contributed by atoms with Crippen molar-refractivity contribution < 1.29 is 0 Å². The van der Waals surface area contributed by atoms with E-state index in [1.807, 2.05) is 0 Å². The van der Waals surface area contributed by atoms with E-state index in [-0.39, 0.29) is 0 Å². The zero-order valence-corrected chi connectivity index (χ0v) is 11.6. The molecular formula is C14H29N3. The van der Waals surface area contributed by atoms with E-state index >= 15 is 0 Å². The highest BCUT2D eigenvalue weighted by Crippen LogP contribution is 2.19. The van der Waals surface area contributed by atoms with Gasteiger partial charge in [0.1, 0.15) is 0 Å². The summed E-state index contributed by atoms with van der Waals surface area (Å²) >= 11 is 0. The summed E-state index contributed by atoms with van der Waals surface area (Å²) in [6, 6.07) is 0.864. The molecule has 0 aromatic carbocycles. The number of hydrogen-bond donors (Lipinski definition) is 1. The van der Waals surface area contributed by atoms with Crippen LogP contribution in [0.5, 0.6) is 0 Å². The molecule has 2 aliphatic rings. The molecule has 1 unspecified atom stereocenters. The molecule has 0 radical (unpaired) electrons. The minimum absolute atomic E-state index is 0.769. The Bertz CT molecular complexity index is 212. The molecule has 2 heterocycles. The standard InChI is InChI=1S/C14H29N3/c1-13(2)11-15-6-10-16-9-5-14(12-16)17-7-3-4-8-17/h13-15H,3-12H2,1-2H3. The van der Waals surface area contributed by atoms with Gasteiger partial charge in [-0.25, -0.2) is 0 Å². The summed E-state index contributed by atoms with van der Waals surface area (Å²) in [7, 11) is 0. The van der Waals surface area contributed by atoms with E-state index < -0.39 is 0 Å². The van der Waals surface area contributed by atoms with Crippen molar-refractivity contribution in [1.29, 1.82) is 0 Å². The predicted octanol–water partition coefficient (Wildman–Crippen LogP) is 1.40. The van der Waals surface area contributed by atoms with Gasteiger partial charge in [-0.1, -0.05) is 13.8 Å². The minimum Gasteiger partial charge on any atom is -0.315 e. The van der Waals surface area contributed by atoms with E-state index in [0.29, 0.717) is 0 Å². The van der Waals surface area contributed by atoms with Crippen molar-refractivity contribution in [2.75, 3.05) is 45.8 Å². The fourth-order valence-corrected chi connectivity index (χ4v) is 3.05. The maximum Gasteiger partial charge on any atom is 0.0235 e. The fraction of sp³-hybridized carbons (Fsp3) is 1.00. The lowest BCUT2D eigenvalue weighted by Gasteiger charge is -2.23. The van der Waals surface area contributed by atoms with Gasteiger partial charge in [0.2, 0.25) is 0 Å². The molecule has 0 spiro atoms. The van der Waals surface area contributed by atoms with E-state index in [4.69, 9.17) is 0 Å². The molecule has 2 rings (SSSR count). The Hall–Kier alpha value is -0.120. The maximum absolute atomic E-state index is 3.54. The molecule has 0 amide bonds. The fourth-order valence-electron chi connectivity index (χ4n) is 3.05. The minimum atomic E-state index is 0.769. The van der Waals surface area contributed by atoms with Gasteiger partial charge in [-0.15, -0.1) is 0 Å². The van der Waals surface area contributed by atoms with Gasteiger partial charge in [0.05, 0.1) is 0 Å². The monoisotopic (exact) mass is 239 g/mol. The van der Waals surface area contributed by atoms with Crippen LogP contribution in [0.2, 0.25) is 0 Å². The Labute approximate surface area is 107 Å². The van der Waals surface area contributed by atoms with Crippen LogP contribution in [0.15, 0.2) is 0 Å². The smallest absolute Gasteiger partial charge is 0.0235 e. The molecule has 3 nitrogen and oxygen atoms in total. The van der Waals surface area contributed by atoms with E-state index in [2.05, 4.69) is 29.0 Å². The van der Waals surface area contributed by atoms with Crippen molar-refractivity contribution in [3.63, 3.8) is 0 Å². The van der Waals surface area contributed by atoms with Crippen LogP contribution in [-0.4, -0.2) is 61.7 Å². The van der Waals surface area contributed by atoms with Gasteiger partial charge in [0, 0.05) is 25.7 Å². The Morgan fingerprint density at radius 3 is 2.65 bits per heavy atom. The van der Waals surface area contributed by atoms with Crippen LogP contribution in [-0.2, 0) is 0 Å². The van der Waals surface area contributed by atoms with Crippen molar-refractivity contribution in [3.8, 4) is 0 Å². The normalized spacial score (nSPS) is 27.4. The third-order valence-corrected chi connectivity index (χ3v) is 4.06. The second-order valence-corrected chi connectivity index (χ2v) is 6.08. The van der Waals surface area contributed by atoms with Gasteiger partial charge in [0.25, 0.3) is 0 Å². The van der Waals surface area contributed by atoms with Crippen molar-refractivity contribution >= 4 is 0 Å². The van der Waals surface area contributed by atoms with Gasteiger partial charge in [-0.2, -0.15) is 0 Å². The number of rotatable bonds is 6. The van der Waals surface area contributed by atoms with Crippen LogP contribution in [0.3, 0.4) is 0 Å². The average molecular weight is 239 g/mol. The van der Waals surface area contributed by atoms with E-state index in [1.165, 1.54) is 52.0 Å². The lowest BCUT2D eigenvalue weighted by atomic mass is 10.2. The van der Waals surface area contributed by atoms with Crippen molar-refractivity contribution in [1.82, 2.24) is 15.1 Å². The molecule has 2 fully saturated rings. The second-order valence-electron chi connectivity index (χ2n) is 6.08. The number of nitrogens with zero attached hydrogens (tertiary/aromatic N) is 2. The van der Waals surface area contributed by atoms with Crippen molar-refractivity contribution in [2.24, 2.45) is 5.92 Å². The molecule has 2 saturated heterocycles. The topological polar surface area (TPSA) is 18.5 Å². The van der Waals surface area contributed by atoms with E-state index in [0.717, 1.165) is 25.0 Å². The van der Waals surface area contributed by atoms with Gasteiger partial charge in [-0.3, -0.25) is 4.90 Å². The van der Waals surface area contributed by atoms with Crippen LogP contribution in [0, 0.1) is 5.92 Å². The summed E-state index contributed by atoms with van der Waals surface area (Å²) in [5.41, 5.74) is 0. The molecule has 17 heavy (non-hydrogen) atoms. The van der Waals surface area contributed by atoms with Crippen molar-refractivity contribution in [2.45, 2.75) is 39.2 Å². The molecule has 0 saturated carbocycles. The Morgan fingerprint density at radius 2 is 1.94 bits per heavy atom. The Balaban J connectivity index is 1.57. The second kappa shape index (κ2) is 6.72. The lowest BCUT2D eigenvalue weighted by Crippen LogP contribution is -2.37. The highest BCUT2D eigenvalue weighted by Gasteiger charge is 2.28. The third kappa shape index (κ3) is 4.23. The number of hydrogen-bond acceptors (Lipinski definition) is 3. The van der Waals surface area contributed by atoms with Gasteiger partial charge in [0.15, 0.2) is 0 Å². The largest absolute Gasteiger partial charge is 0.315 e. The Morgan fingerprint density at radius 1 is 1.18 bits per heavy atom. The average Bonchev–Trinajstić information content (AvgIpc) is 2.94. The zero-order valence-electron chi connectivity index (χ0n) is 11.6. The summed E-state index contributed by atoms with van der Waals surface area (Å²) in [5.74, 6) is 0.769. The first kappa shape index (κ1) is 13.3. The summed E-state index contributed by atoms with van der Waals surface area (Å²) in [6.07, 6.45) is 4.24. The molecule has 3 heteroatoms. The van der Waals surface area contributed by atoms with Gasteiger partial charge < -0.3 is 10.2 Å². The molecule has 2 aliphatic heterocycles. The van der Waals surface area contributed by atoms with Gasteiger partial charge in [-0.05, 0) is 51.4 Å². The third-order valence-electron chi connectivity index (χ3n) is 4.06. The van der Waals surface area contributed by atoms with Crippen molar-refractivity contribution in [3.05, 3.63) is 0 Å². The van der Waals surface area contributed by atoms with Crippen LogP contribution in [0.1, 0.15) is 33.1 Å². The molecule has 0 bridgehead atoms. The van der Waals surface area contributed by atoms with E-state index in [9.17, 15) is 0 Å². The summed E-state index contributed by atoms with van der Waals surface area (Å²) in [6.45, 7) is 13.4. The summed E-state index contributed by atoms with van der Waals surface area (Å²) in [5, 5.41) is 3.54. The van der Waals surface area contributed by atoms with Crippen LogP contribution >= 0.6 is 0 Å². The predicted molar refractivity (Wildman–Crippen MR) is 73.4 cm³/mol. The molecule has 1 N–H and O–H groups in total. The number of nitrogens with one attached hydrogen (secondary N) is 1. The quantitative estimate of drug-likeness (QED) is 0.707. The molecule has 0 aliphatic carbocycles. The van der Waals surface area contributed by atoms with Crippen LogP contribution < -0.4 is 5.32 Å². The molecule has 0 aromatic heterocycles.